The van der Waals surface area contributed by atoms with E-state index < -0.39 is 11.7 Å². The molecule has 1 unspecified atom stereocenters. The Hall–Kier alpha value is -1.75. The van der Waals surface area contributed by atoms with E-state index >= 15 is 0 Å². The van der Waals surface area contributed by atoms with Gasteiger partial charge in [-0.25, -0.2) is 0 Å². The number of amides is 1. The highest BCUT2D eigenvalue weighted by molar-refractivity contribution is 6.42. The topological polar surface area (TPSA) is 79.3 Å². The van der Waals surface area contributed by atoms with Crippen LogP contribution < -0.4 is 5.32 Å². The van der Waals surface area contributed by atoms with Crippen molar-refractivity contribution in [2.24, 2.45) is 5.92 Å². The molecule has 5 heteroatoms. The summed E-state index contributed by atoms with van der Waals surface area (Å²) in [7, 11) is 0. The standard InChI is InChI=1S/C14H18N2O3/c1-2-12(10-6-11(17)7-10)16-14(19)13(18)9-4-3-5-15-8-9/h3-5,8,10-12,17H,2,6-7H2,1H3,(H,16,19). The molecule has 1 atom stereocenters. The number of carbonyl (C=O) groups is 2. The van der Waals surface area contributed by atoms with Crippen LogP contribution in [-0.2, 0) is 4.79 Å². The molecule has 1 fully saturated rings. The molecule has 1 aromatic heterocycles. The van der Waals surface area contributed by atoms with Crippen LogP contribution in [-0.4, -0.2) is 33.9 Å². The summed E-state index contributed by atoms with van der Waals surface area (Å²) < 4.78 is 0. The van der Waals surface area contributed by atoms with Crippen molar-refractivity contribution in [2.75, 3.05) is 0 Å². The predicted octanol–water partition coefficient (Wildman–Crippen LogP) is 0.930. The molecule has 5 nitrogen and oxygen atoms in total. The number of pyridine rings is 1. The van der Waals surface area contributed by atoms with Gasteiger partial charge in [0.05, 0.1) is 6.10 Å². The molecule has 0 aromatic carbocycles. The first-order valence-electron chi connectivity index (χ1n) is 6.55. The minimum atomic E-state index is -0.596. The Morgan fingerprint density at radius 1 is 1.53 bits per heavy atom. The van der Waals surface area contributed by atoms with E-state index in [1.807, 2.05) is 6.92 Å². The van der Waals surface area contributed by atoms with Crippen molar-refractivity contribution in [3.8, 4) is 0 Å². The van der Waals surface area contributed by atoms with Crippen LogP contribution in [0, 0.1) is 5.92 Å². The number of Topliss-reactive ketones (excluding diaryl/α,β-unsaturated/α-hetero) is 1. The van der Waals surface area contributed by atoms with Gasteiger partial charge in [0, 0.05) is 24.0 Å². The normalized spacial score (nSPS) is 23.3. The third-order valence-electron chi connectivity index (χ3n) is 3.60. The zero-order chi connectivity index (χ0) is 13.8. The van der Waals surface area contributed by atoms with Crippen LogP contribution in [0.15, 0.2) is 24.5 Å². The number of rotatable bonds is 5. The van der Waals surface area contributed by atoms with Crippen molar-refractivity contribution in [3.05, 3.63) is 30.1 Å². The number of nitrogens with zero attached hydrogens (tertiary/aromatic N) is 1. The average molecular weight is 262 g/mol. The summed E-state index contributed by atoms with van der Waals surface area (Å²) in [6.07, 6.45) is 4.82. The molecule has 0 bridgehead atoms. The molecular weight excluding hydrogens is 244 g/mol. The molecular formula is C14H18N2O3. The zero-order valence-electron chi connectivity index (χ0n) is 10.9. The SMILES string of the molecule is CCC(NC(=O)C(=O)c1cccnc1)C1CC(O)C1. The molecule has 1 saturated carbocycles. The summed E-state index contributed by atoms with van der Waals surface area (Å²) in [5.74, 6) is -0.890. The second-order valence-electron chi connectivity index (χ2n) is 4.94. The van der Waals surface area contributed by atoms with E-state index in [2.05, 4.69) is 10.3 Å². The van der Waals surface area contributed by atoms with E-state index in [9.17, 15) is 14.7 Å². The van der Waals surface area contributed by atoms with Gasteiger partial charge >= 0.3 is 0 Å². The molecule has 19 heavy (non-hydrogen) atoms. The number of aliphatic hydroxyl groups is 1. The number of hydrogen-bond acceptors (Lipinski definition) is 4. The average Bonchev–Trinajstić information content (AvgIpc) is 2.41. The van der Waals surface area contributed by atoms with Crippen LogP contribution in [0.25, 0.3) is 0 Å². The molecule has 0 aliphatic heterocycles. The monoisotopic (exact) mass is 262 g/mol. The summed E-state index contributed by atoms with van der Waals surface area (Å²) in [4.78, 5) is 27.6. The Bertz CT molecular complexity index is 455. The Morgan fingerprint density at radius 2 is 2.26 bits per heavy atom. The van der Waals surface area contributed by atoms with Crippen molar-refractivity contribution >= 4 is 11.7 Å². The smallest absolute Gasteiger partial charge is 0.292 e. The van der Waals surface area contributed by atoms with Crippen LogP contribution in [0.2, 0.25) is 0 Å². The number of carbonyl (C=O) groups excluding carboxylic acids is 2. The number of hydrogen-bond donors (Lipinski definition) is 2. The first-order chi connectivity index (χ1) is 9.11. The van der Waals surface area contributed by atoms with Crippen LogP contribution in [0.5, 0.6) is 0 Å². The maximum absolute atomic E-state index is 11.9. The fourth-order valence-electron chi connectivity index (χ4n) is 2.37. The summed E-state index contributed by atoms with van der Waals surface area (Å²) in [6, 6.07) is 3.15. The van der Waals surface area contributed by atoms with Gasteiger partial charge < -0.3 is 10.4 Å². The minimum Gasteiger partial charge on any atom is -0.393 e. The third kappa shape index (κ3) is 3.17. The quantitative estimate of drug-likeness (QED) is 0.611. The van der Waals surface area contributed by atoms with E-state index in [4.69, 9.17) is 0 Å². The van der Waals surface area contributed by atoms with Crippen LogP contribution in [0.3, 0.4) is 0 Å². The first kappa shape index (κ1) is 13.7. The predicted molar refractivity (Wildman–Crippen MR) is 69.5 cm³/mol. The fraction of sp³-hybridized carbons (Fsp3) is 0.500. The lowest BCUT2D eigenvalue weighted by Crippen LogP contribution is -2.48. The van der Waals surface area contributed by atoms with E-state index in [0.717, 1.165) is 6.42 Å². The highest BCUT2D eigenvalue weighted by atomic mass is 16.3. The zero-order valence-corrected chi connectivity index (χ0v) is 10.9. The van der Waals surface area contributed by atoms with E-state index in [1.54, 1.807) is 18.3 Å². The number of aliphatic hydroxyl groups excluding tert-OH is 1. The molecule has 0 saturated heterocycles. The summed E-state index contributed by atoms with van der Waals surface area (Å²) in [6.45, 7) is 1.96. The highest BCUT2D eigenvalue weighted by Gasteiger charge is 2.34. The molecule has 0 radical (unpaired) electrons. The van der Waals surface area contributed by atoms with Gasteiger partial charge in [-0.05, 0) is 37.3 Å². The summed E-state index contributed by atoms with van der Waals surface area (Å²) >= 11 is 0. The largest absolute Gasteiger partial charge is 0.393 e. The minimum absolute atomic E-state index is 0.0449. The molecule has 102 valence electrons. The van der Waals surface area contributed by atoms with Gasteiger partial charge in [-0.2, -0.15) is 0 Å². The molecule has 1 amide bonds. The van der Waals surface area contributed by atoms with Crippen LogP contribution >= 0.6 is 0 Å². The van der Waals surface area contributed by atoms with Gasteiger partial charge in [0.25, 0.3) is 11.7 Å². The Balaban J connectivity index is 1.94. The Labute approximate surface area is 112 Å². The van der Waals surface area contributed by atoms with Gasteiger partial charge in [0.1, 0.15) is 0 Å². The molecule has 1 aromatic rings. The Kier molecular flexibility index (Phi) is 4.27. The molecule has 0 spiro atoms. The lowest BCUT2D eigenvalue weighted by molar-refractivity contribution is -0.118. The number of ketones is 1. The van der Waals surface area contributed by atoms with Crippen molar-refractivity contribution < 1.29 is 14.7 Å². The molecule has 1 aliphatic rings. The maximum Gasteiger partial charge on any atom is 0.292 e. The second-order valence-corrected chi connectivity index (χ2v) is 4.94. The van der Waals surface area contributed by atoms with Crippen LogP contribution in [0.1, 0.15) is 36.5 Å². The number of aromatic nitrogens is 1. The van der Waals surface area contributed by atoms with Crippen molar-refractivity contribution in [1.82, 2.24) is 10.3 Å². The van der Waals surface area contributed by atoms with Gasteiger partial charge in [-0.1, -0.05) is 6.92 Å². The number of nitrogens with one attached hydrogen (secondary N) is 1. The summed E-state index contributed by atoms with van der Waals surface area (Å²) in [5.41, 5.74) is 0.295. The van der Waals surface area contributed by atoms with E-state index in [0.29, 0.717) is 18.4 Å². The van der Waals surface area contributed by atoms with Crippen molar-refractivity contribution in [3.63, 3.8) is 0 Å². The first-order valence-corrected chi connectivity index (χ1v) is 6.55. The van der Waals surface area contributed by atoms with Crippen molar-refractivity contribution in [2.45, 2.75) is 38.3 Å². The fourth-order valence-corrected chi connectivity index (χ4v) is 2.37. The lowest BCUT2D eigenvalue weighted by atomic mass is 9.76. The van der Waals surface area contributed by atoms with Gasteiger partial charge in [0.15, 0.2) is 0 Å². The van der Waals surface area contributed by atoms with Gasteiger partial charge in [-0.3, -0.25) is 14.6 Å². The molecule has 1 aliphatic carbocycles. The molecule has 2 rings (SSSR count). The Morgan fingerprint density at radius 3 is 2.79 bits per heavy atom. The van der Waals surface area contributed by atoms with E-state index in [1.165, 1.54) is 6.20 Å². The van der Waals surface area contributed by atoms with Gasteiger partial charge in [-0.15, -0.1) is 0 Å². The molecule has 2 N–H and O–H groups in total. The van der Waals surface area contributed by atoms with Crippen molar-refractivity contribution in [1.29, 1.82) is 0 Å². The second kappa shape index (κ2) is 5.93. The molecule has 1 heterocycles. The van der Waals surface area contributed by atoms with E-state index in [-0.39, 0.29) is 18.1 Å². The lowest BCUT2D eigenvalue weighted by Gasteiger charge is -2.37. The summed E-state index contributed by atoms with van der Waals surface area (Å²) in [5, 5.41) is 12.1. The third-order valence-corrected chi connectivity index (χ3v) is 3.60. The van der Waals surface area contributed by atoms with Gasteiger partial charge in [0.2, 0.25) is 0 Å². The maximum atomic E-state index is 11.9. The van der Waals surface area contributed by atoms with Crippen LogP contribution in [0.4, 0.5) is 0 Å². The highest BCUT2D eigenvalue weighted by Crippen LogP contribution is 2.31.